The molecule has 1 rings (SSSR count). The molecule has 8 nitrogen and oxygen atoms in total. The summed E-state index contributed by atoms with van der Waals surface area (Å²) in [7, 11) is 0. The molecule has 0 spiro atoms. The minimum absolute atomic E-state index is 0.0892. The van der Waals surface area contributed by atoms with Crippen LogP contribution in [0.15, 0.2) is 36.9 Å². The van der Waals surface area contributed by atoms with Crippen molar-refractivity contribution in [1.29, 1.82) is 0 Å². The fourth-order valence-corrected chi connectivity index (χ4v) is 1.89. The predicted octanol–water partition coefficient (Wildman–Crippen LogP) is 6.93. The lowest BCUT2D eigenvalue weighted by Gasteiger charge is -2.11. The van der Waals surface area contributed by atoms with Crippen molar-refractivity contribution >= 4 is 17.9 Å². The Bertz CT molecular complexity index is 669. The van der Waals surface area contributed by atoms with Crippen LogP contribution in [-0.2, 0) is 23.8 Å². The summed E-state index contributed by atoms with van der Waals surface area (Å²) in [5.74, 6) is -0.240. The standard InChI is InChI=1S/C18H24O5.C5H10O2.C3H8O.2C2H6/c1-4-14(3)23-18(20)15-8-10-16(11-9-15)21-12-6-7-13-22-17(19)5-2;1-3-4-7-5(2)6;1-2-3-4;2*1-2/h5,8-11,14H,2,4,6-7,12-13H2,1,3H3;3-4H2,1-2H3;4H,2-3H2,1H3;2*1-2H3. The molecule has 0 heterocycles. The van der Waals surface area contributed by atoms with Gasteiger partial charge in [0.05, 0.1) is 31.5 Å². The van der Waals surface area contributed by atoms with Crippen LogP contribution in [0, 0.1) is 0 Å². The van der Waals surface area contributed by atoms with E-state index in [1.54, 1.807) is 24.3 Å². The Morgan fingerprint density at radius 3 is 1.82 bits per heavy atom. The number of aliphatic hydroxyl groups excluding tert-OH is 1. The van der Waals surface area contributed by atoms with Crippen molar-refractivity contribution < 1.29 is 38.4 Å². The van der Waals surface area contributed by atoms with E-state index in [0.717, 1.165) is 38.2 Å². The molecule has 0 aliphatic carbocycles. The van der Waals surface area contributed by atoms with E-state index >= 15 is 0 Å². The van der Waals surface area contributed by atoms with Crippen LogP contribution in [0.2, 0.25) is 0 Å². The number of carbonyl (C=O) groups is 3. The highest BCUT2D eigenvalue weighted by molar-refractivity contribution is 5.89. The summed E-state index contributed by atoms with van der Waals surface area (Å²) in [6, 6.07) is 6.85. The molecule has 222 valence electrons. The third-order valence-corrected chi connectivity index (χ3v) is 3.92. The van der Waals surface area contributed by atoms with Crippen molar-refractivity contribution in [3.63, 3.8) is 0 Å². The molecule has 1 aromatic carbocycles. The number of unbranched alkanes of at least 4 members (excludes halogenated alkanes) is 1. The minimum Gasteiger partial charge on any atom is -0.494 e. The van der Waals surface area contributed by atoms with Gasteiger partial charge in [-0.05, 0) is 63.3 Å². The van der Waals surface area contributed by atoms with Gasteiger partial charge in [-0.15, -0.1) is 0 Å². The van der Waals surface area contributed by atoms with Gasteiger partial charge in [-0.25, -0.2) is 9.59 Å². The Morgan fingerprint density at radius 1 is 0.895 bits per heavy atom. The molecule has 0 saturated heterocycles. The molecule has 1 aromatic rings. The molecule has 0 aliphatic heterocycles. The Morgan fingerprint density at radius 2 is 1.42 bits per heavy atom. The van der Waals surface area contributed by atoms with Crippen LogP contribution >= 0.6 is 0 Å². The highest BCUT2D eigenvalue weighted by Crippen LogP contribution is 2.14. The smallest absolute Gasteiger partial charge is 0.338 e. The molecule has 38 heavy (non-hydrogen) atoms. The van der Waals surface area contributed by atoms with Gasteiger partial charge in [0.25, 0.3) is 0 Å². The van der Waals surface area contributed by atoms with E-state index in [4.69, 9.17) is 19.3 Å². The number of esters is 3. The number of hydrogen-bond acceptors (Lipinski definition) is 8. The summed E-state index contributed by atoms with van der Waals surface area (Å²) in [6.45, 7) is 22.2. The Kier molecular flexibility index (Phi) is 37.9. The molecule has 0 amide bonds. The second-order valence-corrected chi connectivity index (χ2v) is 7.14. The fraction of sp³-hybridized carbons (Fsp3) is 0.633. The van der Waals surface area contributed by atoms with E-state index < -0.39 is 5.97 Å². The van der Waals surface area contributed by atoms with Crippen LogP contribution in [0.1, 0.15) is 105 Å². The second-order valence-electron chi connectivity index (χ2n) is 7.14. The average Bonchev–Trinajstić information content (AvgIpc) is 2.96. The highest BCUT2D eigenvalue weighted by atomic mass is 16.5. The van der Waals surface area contributed by atoms with Crippen LogP contribution in [-0.4, -0.2) is 55.5 Å². The Balaban J connectivity index is -0.000000318. The zero-order chi connectivity index (χ0) is 30.2. The molecule has 0 aliphatic rings. The SMILES string of the molecule is C=CC(=O)OCCCCOc1ccc(C(=O)OC(C)CC)cc1.CC.CC.CCCO.CCCOC(C)=O. The van der Waals surface area contributed by atoms with Crippen molar-refractivity contribution in [3.05, 3.63) is 42.5 Å². The van der Waals surface area contributed by atoms with E-state index in [9.17, 15) is 14.4 Å². The predicted molar refractivity (Wildman–Crippen MR) is 154 cm³/mol. The van der Waals surface area contributed by atoms with Gasteiger partial charge in [0.2, 0.25) is 0 Å². The van der Waals surface area contributed by atoms with Crippen LogP contribution in [0.4, 0.5) is 0 Å². The van der Waals surface area contributed by atoms with Crippen molar-refractivity contribution in [2.45, 2.75) is 101 Å². The maximum absolute atomic E-state index is 11.8. The number of hydrogen-bond donors (Lipinski definition) is 1. The van der Waals surface area contributed by atoms with Gasteiger partial charge in [-0.1, -0.05) is 55.0 Å². The molecule has 0 aromatic heterocycles. The van der Waals surface area contributed by atoms with Gasteiger partial charge in [0.1, 0.15) is 5.75 Å². The quantitative estimate of drug-likeness (QED) is 0.124. The molecule has 0 fully saturated rings. The van der Waals surface area contributed by atoms with Gasteiger partial charge in [0, 0.05) is 19.6 Å². The molecule has 1 N–H and O–H groups in total. The van der Waals surface area contributed by atoms with Gasteiger partial charge >= 0.3 is 17.9 Å². The molecule has 0 bridgehead atoms. The maximum Gasteiger partial charge on any atom is 0.338 e. The van der Waals surface area contributed by atoms with Gasteiger partial charge in [0.15, 0.2) is 0 Å². The van der Waals surface area contributed by atoms with Crippen LogP contribution in [0.3, 0.4) is 0 Å². The van der Waals surface area contributed by atoms with Crippen LogP contribution < -0.4 is 4.74 Å². The first-order valence-corrected chi connectivity index (χ1v) is 13.7. The van der Waals surface area contributed by atoms with E-state index in [0.29, 0.717) is 37.7 Å². The normalized spacial score (nSPS) is 9.53. The molecule has 8 heteroatoms. The third-order valence-electron chi connectivity index (χ3n) is 3.92. The topological polar surface area (TPSA) is 108 Å². The highest BCUT2D eigenvalue weighted by Gasteiger charge is 2.10. The minimum atomic E-state index is -0.411. The van der Waals surface area contributed by atoms with E-state index in [1.165, 1.54) is 6.92 Å². The zero-order valence-electron chi connectivity index (χ0n) is 25.3. The lowest BCUT2D eigenvalue weighted by molar-refractivity contribution is -0.141. The van der Waals surface area contributed by atoms with Crippen molar-refractivity contribution in [2.75, 3.05) is 26.4 Å². The number of benzene rings is 1. The molecular formula is C30H54O8. The van der Waals surface area contributed by atoms with Gasteiger partial charge < -0.3 is 24.1 Å². The Hall–Kier alpha value is -2.87. The average molecular weight is 543 g/mol. The zero-order valence-corrected chi connectivity index (χ0v) is 25.3. The van der Waals surface area contributed by atoms with Crippen LogP contribution in [0.5, 0.6) is 5.75 Å². The first kappa shape index (κ1) is 42.2. The van der Waals surface area contributed by atoms with E-state index in [1.807, 2.05) is 55.4 Å². The summed E-state index contributed by atoms with van der Waals surface area (Å²) < 4.78 is 20.2. The van der Waals surface area contributed by atoms with E-state index in [-0.39, 0.29) is 18.0 Å². The van der Waals surface area contributed by atoms with Crippen molar-refractivity contribution in [3.8, 4) is 5.75 Å². The first-order chi connectivity index (χ1) is 18.2. The maximum atomic E-state index is 11.8. The molecule has 1 unspecified atom stereocenters. The lowest BCUT2D eigenvalue weighted by Crippen LogP contribution is -2.13. The molecule has 0 saturated carbocycles. The number of carbonyl (C=O) groups excluding carboxylic acids is 3. The Labute approximate surface area is 231 Å². The second kappa shape index (κ2) is 34.1. The molecular weight excluding hydrogens is 488 g/mol. The largest absolute Gasteiger partial charge is 0.494 e. The summed E-state index contributed by atoms with van der Waals surface area (Å²) in [5, 5.41) is 7.88. The summed E-state index contributed by atoms with van der Waals surface area (Å²) in [6.07, 6.45) is 5.11. The third kappa shape index (κ3) is 31.2. The number of ether oxygens (including phenoxy) is 4. The van der Waals surface area contributed by atoms with Crippen molar-refractivity contribution in [1.82, 2.24) is 0 Å². The fourth-order valence-electron chi connectivity index (χ4n) is 1.89. The number of rotatable bonds is 13. The van der Waals surface area contributed by atoms with Gasteiger partial charge in [-0.2, -0.15) is 0 Å². The first-order valence-electron chi connectivity index (χ1n) is 13.7. The summed E-state index contributed by atoms with van der Waals surface area (Å²) >= 11 is 0. The monoisotopic (exact) mass is 542 g/mol. The van der Waals surface area contributed by atoms with Crippen LogP contribution in [0.25, 0.3) is 0 Å². The summed E-state index contributed by atoms with van der Waals surface area (Å²) in [4.78, 5) is 32.6. The lowest BCUT2D eigenvalue weighted by atomic mass is 10.2. The summed E-state index contributed by atoms with van der Waals surface area (Å²) in [5.41, 5.74) is 0.508. The molecule has 0 radical (unpaired) electrons. The van der Waals surface area contributed by atoms with Gasteiger partial charge in [-0.3, -0.25) is 4.79 Å². The molecule has 1 atom stereocenters. The van der Waals surface area contributed by atoms with Crippen molar-refractivity contribution in [2.24, 2.45) is 0 Å². The number of aliphatic hydroxyl groups is 1. The van der Waals surface area contributed by atoms with E-state index in [2.05, 4.69) is 11.3 Å².